The van der Waals surface area contributed by atoms with Crippen molar-refractivity contribution in [3.05, 3.63) is 35.9 Å². The van der Waals surface area contributed by atoms with Crippen molar-refractivity contribution in [3.63, 3.8) is 0 Å². The summed E-state index contributed by atoms with van der Waals surface area (Å²) in [5.74, 6) is 0. The number of rotatable bonds is 3. The third-order valence-electron chi connectivity index (χ3n) is 3.58. The summed E-state index contributed by atoms with van der Waals surface area (Å²) in [6.07, 6.45) is -0.873. The third kappa shape index (κ3) is 7.01. The average molecular weight is 349 g/mol. The first-order chi connectivity index (χ1) is 11.8. The van der Waals surface area contributed by atoms with Crippen LogP contribution in [0.25, 0.3) is 0 Å². The molecule has 1 aromatic rings. The molecule has 2 rings (SSSR count). The molecule has 1 heterocycles. The van der Waals surface area contributed by atoms with Crippen LogP contribution in [-0.2, 0) is 16.1 Å². The topological polar surface area (TPSA) is 79.9 Å². The molecule has 0 aromatic heterocycles. The molecule has 0 aliphatic carbocycles. The minimum Gasteiger partial charge on any atom is -0.445 e. The van der Waals surface area contributed by atoms with Crippen molar-refractivity contribution in [2.45, 2.75) is 39.0 Å². The Morgan fingerprint density at radius 1 is 1.28 bits per heavy atom. The Morgan fingerprint density at radius 2 is 2.00 bits per heavy atom. The number of nitrogens with one attached hydrogen (secondary N) is 2. The van der Waals surface area contributed by atoms with Crippen molar-refractivity contribution in [2.75, 3.05) is 26.2 Å². The minimum atomic E-state index is -0.547. The molecule has 7 heteroatoms. The lowest BCUT2D eigenvalue weighted by Crippen LogP contribution is -2.48. The number of ether oxygens (including phenoxy) is 2. The van der Waals surface area contributed by atoms with Crippen LogP contribution in [0.3, 0.4) is 0 Å². The second-order valence-corrected chi connectivity index (χ2v) is 7.03. The summed E-state index contributed by atoms with van der Waals surface area (Å²) in [5, 5.41) is 6.01. The molecule has 0 bridgehead atoms. The summed E-state index contributed by atoms with van der Waals surface area (Å²) in [6.45, 7) is 7.83. The summed E-state index contributed by atoms with van der Waals surface area (Å²) >= 11 is 0. The fourth-order valence-corrected chi connectivity index (χ4v) is 2.43. The zero-order valence-electron chi connectivity index (χ0n) is 15.1. The fourth-order valence-electron chi connectivity index (χ4n) is 2.43. The van der Waals surface area contributed by atoms with Gasteiger partial charge in [-0.1, -0.05) is 30.3 Å². The second kappa shape index (κ2) is 8.71. The van der Waals surface area contributed by atoms with Gasteiger partial charge in [-0.15, -0.1) is 0 Å². The zero-order chi connectivity index (χ0) is 18.3. The van der Waals surface area contributed by atoms with Gasteiger partial charge in [0, 0.05) is 26.2 Å². The van der Waals surface area contributed by atoms with Crippen LogP contribution in [-0.4, -0.2) is 54.9 Å². The highest BCUT2D eigenvalue weighted by molar-refractivity contribution is 5.69. The van der Waals surface area contributed by atoms with Gasteiger partial charge >= 0.3 is 12.2 Å². The van der Waals surface area contributed by atoms with Gasteiger partial charge in [-0.05, 0) is 26.3 Å². The number of carbonyl (C=O) groups is 2. The van der Waals surface area contributed by atoms with Crippen molar-refractivity contribution >= 4 is 12.2 Å². The van der Waals surface area contributed by atoms with E-state index in [9.17, 15) is 9.59 Å². The molecule has 138 valence electrons. The van der Waals surface area contributed by atoms with Crippen molar-refractivity contribution in [2.24, 2.45) is 0 Å². The SMILES string of the molecule is CC(C)(C)OC(=O)N1CCNCC(NC(=O)OCc2ccccc2)C1. The van der Waals surface area contributed by atoms with Gasteiger partial charge in [0.15, 0.2) is 0 Å². The van der Waals surface area contributed by atoms with Crippen LogP contribution in [0, 0.1) is 0 Å². The van der Waals surface area contributed by atoms with Gasteiger partial charge in [0.1, 0.15) is 12.2 Å². The van der Waals surface area contributed by atoms with Gasteiger partial charge in [-0.3, -0.25) is 0 Å². The summed E-state index contributed by atoms with van der Waals surface area (Å²) in [6, 6.07) is 9.24. The van der Waals surface area contributed by atoms with E-state index in [0.29, 0.717) is 26.2 Å². The van der Waals surface area contributed by atoms with E-state index in [4.69, 9.17) is 9.47 Å². The maximum atomic E-state index is 12.2. The number of alkyl carbamates (subject to hydrolysis) is 1. The van der Waals surface area contributed by atoms with E-state index in [0.717, 1.165) is 5.56 Å². The largest absolute Gasteiger partial charge is 0.445 e. The normalized spacial score (nSPS) is 18.2. The van der Waals surface area contributed by atoms with E-state index in [1.165, 1.54) is 0 Å². The third-order valence-corrected chi connectivity index (χ3v) is 3.58. The van der Waals surface area contributed by atoms with Crippen LogP contribution in [0.2, 0.25) is 0 Å². The molecule has 0 spiro atoms. The van der Waals surface area contributed by atoms with Crippen LogP contribution < -0.4 is 10.6 Å². The van der Waals surface area contributed by atoms with E-state index in [1.807, 2.05) is 51.1 Å². The van der Waals surface area contributed by atoms with Gasteiger partial charge in [0.25, 0.3) is 0 Å². The highest BCUT2D eigenvalue weighted by Crippen LogP contribution is 2.11. The highest BCUT2D eigenvalue weighted by atomic mass is 16.6. The Hall–Kier alpha value is -2.28. The summed E-state index contributed by atoms with van der Waals surface area (Å²) in [4.78, 5) is 25.9. The number of amides is 2. The van der Waals surface area contributed by atoms with Crippen molar-refractivity contribution in [1.82, 2.24) is 15.5 Å². The first-order valence-electron chi connectivity index (χ1n) is 8.49. The van der Waals surface area contributed by atoms with Gasteiger partial charge in [0.05, 0.1) is 6.04 Å². The van der Waals surface area contributed by atoms with E-state index in [2.05, 4.69) is 10.6 Å². The molecule has 1 aliphatic heterocycles. The van der Waals surface area contributed by atoms with Gasteiger partial charge < -0.3 is 25.0 Å². The summed E-state index contributed by atoms with van der Waals surface area (Å²) in [7, 11) is 0. The van der Waals surface area contributed by atoms with Crippen molar-refractivity contribution in [1.29, 1.82) is 0 Å². The Morgan fingerprint density at radius 3 is 2.68 bits per heavy atom. The van der Waals surface area contributed by atoms with E-state index >= 15 is 0 Å². The van der Waals surface area contributed by atoms with Crippen molar-refractivity contribution < 1.29 is 19.1 Å². The first kappa shape index (κ1) is 19.1. The Kier molecular flexibility index (Phi) is 6.64. The van der Waals surface area contributed by atoms with Crippen LogP contribution in [0.1, 0.15) is 26.3 Å². The number of benzene rings is 1. The van der Waals surface area contributed by atoms with Gasteiger partial charge in [-0.2, -0.15) is 0 Å². The van der Waals surface area contributed by atoms with E-state index < -0.39 is 11.7 Å². The monoisotopic (exact) mass is 349 g/mol. The first-order valence-corrected chi connectivity index (χ1v) is 8.49. The minimum absolute atomic E-state index is 0.211. The van der Waals surface area contributed by atoms with Crippen molar-refractivity contribution in [3.8, 4) is 0 Å². The number of nitrogens with zero attached hydrogens (tertiary/aromatic N) is 1. The number of carbonyl (C=O) groups excluding carboxylic acids is 2. The van der Waals surface area contributed by atoms with Crippen LogP contribution in [0.4, 0.5) is 9.59 Å². The second-order valence-electron chi connectivity index (χ2n) is 7.03. The molecular formula is C18H27N3O4. The maximum absolute atomic E-state index is 12.2. The van der Waals surface area contributed by atoms with Crippen LogP contribution in [0.15, 0.2) is 30.3 Å². The van der Waals surface area contributed by atoms with Gasteiger partial charge in [-0.25, -0.2) is 9.59 Å². The molecule has 25 heavy (non-hydrogen) atoms. The smallest absolute Gasteiger partial charge is 0.410 e. The molecule has 0 saturated carbocycles. The fraction of sp³-hybridized carbons (Fsp3) is 0.556. The quantitative estimate of drug-likeness (QED) is 0.874. The molecule has 1 aromatic carbocycles. The van der Waals surface area contributed by atoms with E-state index in [1.54, 1.807) is 4.90 Å². The average Bonchev–Trinajstić information content (AvgIpc) is 2.78. The molecule has 1 unspecified atom stereocenters. The summed E-state index contributed by atoms with van der Waals surface area (Å²) < 4.78 is 10.6. The molecule has 1 aliphatic rings. The maximum Gasteiger partial charge on any atom is 0.410 e. The lowest BCUT2D eigenvalue weighted by molar-refractivity contribution is 0.0248. The number of hydrogen-bond donors (Lipinski definition) is 2. The van der Waals surface area contributed by atoms with Gasteiger partial charge in [0.2, 0.25) is 0 Å². The predicted molar refractivity (Wildman–Crippen MR) is 94.2 cm³/mol. The Balaban J connectivity index is 1.83. The van der Waals surface area contributed by atoms with E-state index in [-0.39, 0.29) is 18.7 Å². The molecule has 0 radical (unpaired) electrons. The Labute approximate surface area is 148 Å². The standard InChI is InChI=1S/C18H27N3O4/c1-18(2,3)25-17(23)21-10-9-19-11-15(12-21)20-16(22)24-13-14-7-5-4-6-8-14/h4-8,15,19H,9-13H2,1-3H3,(H,20,22). The molecule has 1 fully saturated rings. The molecular weight excluding hydrogens is 322 g/mol. The lowest BCUT2D eigenvalue weighted by Gasteiger charge is -2.28. The molecule has 7 nitrogen and oxygen atoms in total. The molecule has 2 amide bonds. The molecule has 1 atom stereocenters. The number of hydrogen-bond acceptors (Lipinski definition) is 5. The molecule has 2 N–H and O–H groups in total. The molecule has 1 saturated heterocycles. The van der Waals surface area contributed by atoms with Crippen LogP contribution in [0.5, 0.6) is 0 Å². The summed E-state index contributed by atoms with van der Waals surface area (Å²) in [5.41, 5.74) is 0.376. The zero-order valence-corrected chi connectivity index (χ0v) is 15.1. The predicted octanol–water partition coefficient (Wildman–Crippen LogP) is 2.12. The van der Waals surface area contributed by atoms with Crippen LogP contribution >= 0.6 is 0 Å². The lowest BCUT2D eigenvalue weighted by atomic mass is 10.2. The Bertz CT molecular complexity index is 571. The highest BCUT2D eigenvalue weighted by Gasteiger charge is 2.27.